The SMILES string of the molecule is CCOC(=O)c1sc(-c2ccc3c(c2)c([N+](=O)[O-])cn3CC)nc1C. The normalized spacial score (nSPS) is 11.0. The van der Waals surface area contributed by atoms with Crippen molar-refractivity contribution >= 4 is 33.9 Å². The van der Waals surface area contributed by atoms with Crippen LogP contribution in [0.4, 0.5) is 5.69 Å². The lowest BCUT2D eigenvalue weighted by molar-refractivity contribution is -0.383. The van der Waals surface area contributed by atoms with Gasteiger partial charge in [0.2, 0.25) is 0 Å². The number of esters is 1. The first-order chi connectivity index (χ1) is 12.0. The van der Waals surface area contributed by atoms with Crippen LogP contribution in [-0.4, -0.2) is 27.1 Å². The number of hydrogen-bond donors (Lipinski definition) is 0. The van der Waals surface area contributed by atoms with E-state index >= 15 is 0 Å². The fourth-order valence-electron chi connectivity index (χ4n) is 2.72. The van der Waals surface area contributed by atoms with Crippen LogP contribution in [0.5, 0.6) is 0 Å². The van der Waals surface area contributed by atoms with E-state index < -0.39 is 5.97 Å². The summed E-state index contributed by atoms with van der Waals surface area (Å²) in [6.45, 7) is 6.38. The molecule has 0 aliphatic rings. The molecule has 2 heterocycles. The predicted molar refractivity (Wildman–Crippen MR) is 96.1 cm³/mol. The molecule has 7 nitrogen and oxygen atoms in total. The van der Waals surface area contributed by atoms with Crippen molar-refractivity contribution in [2.75, 3.05) is 6.61 Å². The van der Waals surface area contributed by atoms with Gasteiger partial charge in [0, 0.05) is 12.1 Å². The Balaban J connectivity index is 2.11. The van der Waals surface area contributed by atoms with Crippen LogP contribution in [-0.2, 0) is 11.3 Å². The highest BCUT2D eigenvalue weighted by atomic mass is 32.1. The van der Waals surface area contributed by atoms with E-state index in [0.717, 1.165) is 11.1 Å². The molecular formula is C17H17N3O4S. The molecule has 0 aliphatic heterocycles. The smallest absolute Gasteiger partial charge is 0.350 e. The molecule has 0 bridgehead atoms. The van der Waals surface area contributed by atoms with E-state index in [2.05, 4.69) is 4.98 Å². The lowest BCUT2D eigenvalue weighted by atomic mass is 10.1. The average Bonchev–Trinajstić information content (AvgIpc) is 3.15. The summed E-state index contributed by atoms with van der Waals surface area (Å²) in [4.78, 5) is 27.8. The van der Waals surface area contributed by atoms with E-state index in [4.69, 9.17) is 4.74 Å². The first kappa shape index (κ1) is 17.1. The minimum absolute atomic E-state index is 0.0672. The number of nitro groups is 1. The van der Waals surface area contributed by atoms with Gasteiger partial charge in [-0.2, -0.15) is 0 Å². The minimum atomic E-state index is -0.395. The van der Waals surface area contributed by atoms with Gasteiger partial charge in [-0.25, -0.2) is 9.78 Å². The van der Waals surface area contributed by atoms with Crippen molar-refractivity contribution < 1.29 is 14.5 Å². The van der Waals surface area contributed by atoms with Gasteiger partial charge in [-0.3, -0.25) is 10.1 Å². The van der Waals surface area contributed by atoms with Crippen molar-refractivity contribution in [3.63, 3.8) is 0 Å². The number of hydrogen-bond acceptors (Lipinski definition) is 6. The first-order valence-corrected chi connectivity index (χ1v) is 8.70. The maximum absolute atomic E-state index is 12.0. The molecule has 3 aromatic rings. The topological polar surface area (TPSA) is 87.3 Å². The lowest BCUT2D eigenvalue weighted by Crippen LogP contribution is -2.03. The highest BCUT2D eigenvalue weighted by Gasteiger charge is 2.20. The largest absolute Gasteiger partial charge is 0.462 e. The molecule has 0 saturated heterocycles. The highest BCUT2D eigenvalue weighted by Crippen LogP contribution is 2.34. The molecule has 0 aliphatic carbocycles. The fraction of sp³-hybridized carbons (Fsp3) is 0.294. The van der Waals surface area contributed by atoms with Crippen LogP contribution >= 0.6 is 11.3 Å². The quantitative estimate of drug-likeness (QED) is 0.387. The Kier molecular flexibility index (Phi) is 4.54. The average molecular weight is 359 g/mol. The van der Waals surface area contributed by atoms with E-state index in [1.807, 2.05) is 23.6 Å². The Hall–Kier alpha value is -2.74. The summed E-state index contributed by atoms with van der Waals surface area (Å²) >= 11 is 1.23. The summed E-state index contributed by atoms with van der Waals surface area (Å²) in [7, 11) is 0. The zero-order valence-electron chi connectivity index (χ0n) is 14.1. The molecule has 0 atom stereocenters. The molecule has 0 radical (unpaired) electrons. The second-order valence-electron chi connectivity index (χ2n) is 5.44. The van der Waals surface area contributed by atoms with Gasteiger partial charge in [-0.05, 0) is 39.0 Å². The standard InChI is InChI=1S/C17H17N3O4S/c1-4-19-9-14(20(22)23)12-8-11(6-7-13(12)19)16-18-10(3)15(25-16)17(21)24-5-2/h6-9H,4-5H2,1-3H3. The van der Waals surface area contributed by atoms with Crippen molar-refractivity contribution in [2.45, 2.75) is 27.3 Å². The van der Waals surface area contributed by atoms with Crippen molar-refractivity contribution in [3.05, 3.63) is 45.1 Å². The van der Waals surface area contributed by atoms with Crippen molar-refractivity contribution in [2.24, 2.45) is 0 Å². The summed E-state index contributed by atoms with van der Waals surface area (Å²) < 4.78 is 6.88. The van der Waals surface area contributed by atoms with Crippen LogP contribution in [0.2, 0.25) is 0 Å². The van der Waals surface area contributed by atoms with Crippen molar-refractivity contribution in [1.82, 2.24) is 9.55 Å². The highest BCUT2D eigenvalue weighted by molar-refractivity contribution is 7.17. The number of aryl methyl sites for hydroxylation is 2. The third kappa shape index (κ3) is 3.00. The van der Waals surface area contributed by atoms with Gasteiger partial charge < -0.3 is 9.30 Å². The Morgan fingerprint density at radius 1 is 1.40 bits per heavy atom. The van der Waals surface area contributed by atoms with Crippen LogP contribution in [0.1, 0.15) is 29.2 Å². The summed E-state index contributed by atoms with van der Waals surface area (Å²) in [6, 6.07) is 5.47. The van der Waals surface area contributed by atoms with Gasteiger partial charge in [0.05, 0.1) is 34.3 Å². The van der Waals surface area contributed by atoms with E-state index in [9.17, 15) is 14.9 Å². The fourth-order valence-corrected chi connectivity index (χ4v) is 3.68. The molecule has 0 unspecified atom stereocenters. The Labute approximate surface area is 148 Å². The number of benzene rings is 1. The number of carbonyl (C=O) groups excluding carboxylic acids is 1. The Morgan fingerprint density at radius 3 is 2.80 bits per heavy atom. The van der Waals surface area contributed by atoms with Gasteiger partial charge in [0.1, 0.15) is 9.88 Å². The molecule has 0 N–H and O–H groups in total. The third-order valence-corrected chi connectivity index (χ3v) is 5.09. The van der Waals surface area contributed by atoms with E-state index in [1.54, 1.807) is 26.1 Å². The molecule has 0 fully saturated rings. The van der Waals surface area contributed by atoms with Crippen LogP contribution in [0.25, 0.3) is 21.5 Å². The number of carbonyl (C=O) groups is 1. The number of fused-ring (bicyclic) bond motifs is 1. The lowest BCUT2D eigenvalue weighted by Gasteiger charge is -2.01. The van der Waals surface area contributed by atoms with Gasteiger partial charge in [-0.1, -0.05) is 0 Å². The molecule has 0 saturated carbocycles. The summed E-state index contributed by atoms with van der Waals surface area (Å²) in [5, 5.41) is 12.5. The number of rotatable bonds is 5. The molecule has 8 heteroatoms. The van der Waals surface area contributed by atoms with Crippen LogP contribution in [0, 0.1) is 17.0 Å². The van der Waals surface area contributed by atoms with Crippen molar-refractivity contribution in [1.29, 1.82) is 0 Å². The summed E-state index contributed by atoms with van der Waals surface area (Å²) in [5.74, 6) is -0.395. The first-order valence-electron chi connectivity index (χ1n) is 7.88. The summed E-state index contributed by atoms with van der Waals surface area (Å²) in [5.41, 5.74) is 2.21. The molecule has 0 amide bonds. The van der Waals surface area contributed by atoms with E-state index in [1.165, 1.54) is 11.3 Å². The monoisotopic (exact) mass is 359 g/mol. The van der Waals surface area contributed by atoms with Crippen LogP contribution < -0.4 is 0 Å². The molecule has 2 aromatic heterocycles. The minimum Gasteiger partial charge on any atom is -0.462 e. The van der Waals surface area contributed by atoms with Gasteiger partial charge in [0.25, 0.3) is 5.69 Å². The maximum atomic E-state index is 12.0. The second kappa shape index (κ2) is 6.64. The molecule has 0 spiro atoms. The summed E-state index contributed by atoms with van der Waals surface area (Å²) in [6.07, 6.45) is 1.55. The maximum Gasteiger partial charge on any atom is 0.350 e. The molecular weight excluding hydrogens is 342 g/mol. The number of aromatic nitrogens is 2. The van der Waals surface area contributed by atoms with Crippen LogP contribution in [0.15, 0.2) is 24.4 Å². The number of ether oxygens (including phenoxy) is 1. The molecule has 3 rings (SSSR count). The van der Waals surface area contributed by atoms with Gasteiger partial charge in [0.15, 0.2) is 0 Å². The van der Waals surface area contributed by atoms with Crippen molar-refractivity contribution in [3.8, 4) is 10.6 Å². The van der Waals surface area contributed by atoms with Crippen LogP contribution in [0.3, 0.4) is 0 Å². The second-order valence-corrected chi connectivity index (χ2v) is 6.44. The molecule has 1 aromatic carbocycles. The zero-order valence-corrected chi connectivity index (χ0v) is 14.9. The molecule has 25 heavy (non-hydrogen) atoms. The zero-order chi connectivity index (χ0) is 18.1. The van der Waals surface area contributed by atoms with E-state index in [-0.39, 0.29) is 10.6 Å². The third-order valence-electron chi connectivity index (χ3n) is 3.90. The number of thiazole rings is 1. The van der Waals surface area contributed by atoms with Gasteiger partial charge in [-0.15, -0.1) is 11.3 Å². The molecule has 130 valence electrons. The Morgan fingerprint density at radius 2 is 2.16 bits per heavy atom. The number of nitrogens with zero attached hydrogens (tertiary/aromatic N) is 3. The Bertz CT molecular complexity index is 974. The van der Waals surface area contributed by atoms with Gasteiger partial charge >= 0.3 is 5.97 Å². The van der Waals surface area contributed by atoms with E-state index in [0.29, 0.717) is 34.1 Å². The predicted octanol–water partition coefficient (Wildman–Crippen LogP) is 4.18.